The molecule has 2 aliphatic heterocycles. The van der Waals surface area contributed by atoms with Crippen LogP contribution in [-0.2, 0) is 15.1 Å². The summed E-state index contributed by atoms with van der Waals surface area (Å²) in [6.07, 6.45) is -13.5. The third-order valence-electron chi connectivity index (χ3n) is 8.49. The third kappa shape index (κ3) is 5.49. The molecule has 9 N–H and O–H groups in total. The number of fused-ring (bicyclic) bond motifs is 3. The molecule has 2 saturated heterocycles. The number of hydrogen-bond donors (Lipinski definition) is 9. The molecule has 0 bridgehead atoms. The van der Waals surface area contributed by atoms with Gasteiger partial charge in [-0.25, -0.2) is 0 Å². The molecule has 230 valence electrons. The SMILES string of the molecule is CC(C)C1(O)c2cc(C#C[C@H]3O[C@H](CO)[C@@H](O)[C@H](O)[C@@H]3O)ccc2-c2ccc(C#C[C@H]3O[C@H](CO)[C@@H](O)[C@H](O)[C@@H]3O)cc21. The van der Waals surface area contributed by atoms with Gasteiger partial charge in [-0.05, 0) is 52.4 Å². The summed E-state index contributed by atoms with van der Waals surface area (Å²) in [5, 5.41) is 91.7. The van der Waals surface area contributed by atoms with Crippen molar-refractivity contribution in [3.8, 4) is 34.8 Å². The van der Waals surface area contributed by atoms with Crippen LogP contribution in [0, 0.1) is 29.6 Å². The Morgan fingerprint density at radius 2 is 1.05 bits per heavy atom. The average molecular weight is 597 g/mol. The Kier molecular flexibility index (Phi) is 8.99. The van der Waals surface area contributed by atoms with Gasteiger partial charge in [-0.1, -0.05) is 49.7 Å². The molecule has 0 aromatic heterocycles. The van der Waals surface area contributed by atoms with Crippen molar-refractivity contribution in [2.75, 3.05) is 13.2 Å². The zero-order valence-corrected chi connectivity index (χ0v) is 23.6. The van der Waals surface area contributed by atoms with Crippen LogP contribution in [-0.4, -0.2) is 120 Å². The van der Waals surface area contributed by atoms with Gasteiger partial charge in [0.15, 0.2) is 0 Å². The number of ether oxygens (including phenoxy) is 2. The molecular formula is C32H36O11. The molecule has 0 spiro atoms. The van der Waals surface area contributed by atoms with Crippen molar-refractivity contribution in [2.45, 2.75) is 80.5 Å². The second-order valence-corrected chi connectivity index (χ2v) is 11.5. The van der Waals surface area contributed by atoms with Crippen LogP contribution in [0.25, 0.3) is 11.1 Å². The van der Waals surface area contributed by atoms with Gasteiger partial charge in [-0.2, -0.15) is 0 Å². The summed E-state index contributed by atoms with van der Waals surface area (Å²) in [6, 6.07) is 10.6. The molecule has 0 amide bonds. The van der Waals surface area contributed by atoms with E-state index in [-0.39, 0.29) is 5.92 Å². The predicted octanol–water partition coefficient (Wildman–Crippen LogP) is -2.05. The lowest BCUT2D eigenvalue weighted by Gasteiger charge is -2.37. The summed E-state index contributed by atoms with van der Waals surface area (Å²) < 4.78 is 11.0. The standard InChI is InChI=1S/C32H36O11/c1-15(2)32(41)20-11-16(5-9-22-26(35)30(39)28(37)24(13-33)42-22)3-7-18(20)19-8-4-17(12-21(19)32)6-10-23-27(36)31(40)29(38)25(14-34)43-23/h3-4,7-8,11-12,15,22-31,33-41H,13-14H2,1-2H3/t22-,23-,24-,25-,26-,27-,28-,29-,30-,31-/m1/s1. The Labute approximate surface area is 248 Å². The van der Waals surface area contributed by atoms with Crippen LogP contribution in [0.5, 0.6) is 0 Å². The van der Waals surface area contributed by atoms with E-state index < -0.39 is 79.9 Å². The Morgan fingerprint density at radius 1 is 0.651 bits per heavy atom. The van der Waals surface area contributed by atoms with E-state index in [1.807, 2.05) is 26.0 Å². The van der Waals surface area contributed by atoms with Crippen molar-refractivity contribution in [3.63, 3.8) is 0 Å². The third-order valence-corrected chi connectivity index (χ3v) is 8.49. The first-order valence-electron chi connectivity index (χ1n) is 14.1. The van der Waals surface area contributed by atoms with Crippen molar-refractivity contribution in [1.29, 1.82) is 0 Å². The van der Waals surface area contributed by atoms with E-state index in [9.17, 15) is 46.0 Å². The molecule has 2 fully saturated rings. The predicted molar refractivity (Wildman–Crippen MR) is 151 cm³/mol. The molecule has 2 aromatic carbocycles. The highest BCUT2D eigenvalue weighted by Gasteiger charge is 2.46. The minimum atomic E-state index is -1.54. The molecule has 43 heavy (non-hydrogen) atoms. The van der Waals surface area contributed by atoms with E-state index in [2.05, 4.69) is 23.7 Å². The second-order valence-electron chi connectivity index (χ2n) is 11.5. The molecule has 11 heteroatoms. The Morgan fingerprint density at radius 3 is 1.40 bits per heavy atom. The summed E-state index contributed by atoms with van der Waals surface area (Å²) in [5.41, 5.74) is 2.38. The van der Waals surface area contributed by atoms with Gasteiger partial charge in [0.25, 0.3) is 0 Å². The fraction of sp³-hybridized carbons (Fsp3) is 0.500. The zero-order chi connectivity index (χ0) is 31.2. The molecule has 5 rings (SSSR count). The van der Waals surface area contributed by atoms with Crippen LogP contribution in [0.3, 0.4) is 0 Å². The summed E-state index contributed by atoms with van der Waals surface area (Å²) >= 11 is 0. The van der Waals surface area contributed by atoms with E-state index in [0.717, 1.165) is 11.1 Å². The second kappa shape index (κ2) is 12.3. The smallest absolute Gasteiger partial charge is 0.147 e. The van der Waals surface area contributed by atoms with Crippen LogP contribution in [0.4, 0.5) is 0 Å². The zero-order valence-electron chi connectivity index (χ0n) is 23.6. The minimum Gasteiger partial charge on any atom is -0.394 e. The highest BCUT2D eigenvalue weighted by Crippen LogP contribution is 2.51. The van der Waals surface area contributed by atoms with Crippen LogP contribution in [0.1, 0.15) is 36.1 Å². The van der Waals surface area contributed by atoms with E-state index in [1.54, 1.807) is 24.3 Å². The number of rotatable bonds is 3. The van der Waals surface area contributed by atoms with E-state index in [4.69, 9.17) is 9.47 Å². The van der Waals surface area contributed by atoms with Crippen LogP contribution < -0.4 is 0 Å². The number of aliphatic hydroxyl groups excluding tert-OH is 8. The topological polar surface area (TPSA) is 201 Å². The maximum absolute atomic E-state index is 12.1. The molecule has 0 saturated carbocycles. The molecular weight excluding hydrogens is 560 g/mol. The maximum Gasteiger partial charge on any atom is 0.147 e. The molecule has 1 aliphatic carbocycles. The Balaban J connectivity index is 1.45. The lowest BCUT2D eigenvalue weighted by molar-refractivity contribution is -0.214. The van der Waals surface area contributed by atoms with E-state index in [1.165, 1.54) is 0 Å². The van der Waals surface area contributed by atoms with Crippen LogP contribution >= 0.6 is 0 Å². The van der Waals surface area contributed by atoms with Crippen LogP contribution in [0.15, 0.2) is 36.4 Å². The first-order valence-corrected chi connectivity index (χ1v) is 14.1. The lowest BCUT2D eigenvalue weighted by atomic mass is 9.80. The van der Waals surface area contributed by atoms with Gasteiger partial charge in [-0.3, -0.25) is 0 Å². The minimum absolute atomic E-state index is 0.283. The molecule has 11 nitrogen and oxygen atoms in total. The fourth-order valence-corrected chi connectivity index (χ4v) is 5.86. The lowest BCUT2D eigenvalue weighted by Crippen LogP contribution is -2.58. The molecule has 0 unspecified atom stereocenters. The summed E-state index contributed by atoms with van der Waals surface area (Å²) in [7, 11) is 0. The fourth-order valence-electron chi connectivity index (χ4n) is 5.86. The largest absolute Gasteiger partial charge is 0.394 e. The van der Waals surface area contributed by atoms with Gasteiger partial charge in [0.05, 0.1) is 13.2 Å². The van der Waals surface area contributed by atoms with Gasteiger partial charge in [0.1, 0.15) is 66.6 Å². The summed E-state index contributed by atoms with van der Waals surface area (Å²) in [5.74, 6) is 11.1. The quantitative estimate of drug-likeness (QED) is 0.177. The molecule has 2 heterocycles. The van der Waals surface area contributed by atoms with E-state index in [0.29, 0.717) is 22.3 Å². The molecule has 3 aliphatic rings. The number of aliphatic hydroxyl groups is 9. The van der Waals surface area contributed by atoms with Gasteiger partial charge >= 0.3 is 0 Å². The molecule has 2 aromatic rings. The Bertz CT molecular complexity index is 1360. The summed E-state index contributed by atoms with van der Waals surface area (Å²) in [6.45, 7) is 2.63. The first-order chi connectivity index (χ1) is 20.4. The normalized spacial score (nSPS) is 34.4. The molecule has 0 radical (unpaired) electrons. The average Bonchev–Trinajstić information content (AvgIpc) is 3.26. The van der Waals surface area contributed by atoms with Crippen molar-refractivity contribution in [2.24, 2.45) is 5.92 Å². The maximum atomic E-state index is 12.1. The molecule has 10 atom stereocenters. The van der Waals surface area contributed by atoms with E-state index >= 15 is 0 Å². The van der Waals surface area contributed by atoms with Crippen molar-refractivity contribution in [1.82, 2.24) is 0 Å². The van der Waals surface area contributed by atoms with Crippen LogP contribution in [0.2, 0.25) is 0 Å². The highest BCUT2D eigenvalue weighted by atomic mass is 16.5. The van der Waals surface area contributed by atoms with Crippen molar-refractivity contribution in [3.05, 3.63) is 58.7 Å². The van der Waals surface area contributed by atoms with Gasteiger partial charge in [0.2, 0.25) is 0 Å². The number of hydrogen-bond acceptors (Lipinski definition) is 11. The van der Waals surface area contributed by atoms with Gasteiger partial charge in [-0.15, -0.1) is 0 Å². The van der Waals surface area contributed by atoms with Crippen molar-refractivity contribution < 1.29 is 55.4 Å². The first kappa shape index (κ1) is 31.5. The van der Waals surface area contributed by atoms with Crippen molar-refractivity contribution >= 4 is 0 Å². The number of benzene rings is 2. The summed E-state index contributed by atoms with van der Waals surface area (Å²) in [4.78, 5) is 0. The Hall–Kier alpha value is -2.88. The highest BCUT2D eigenvalue weighted by molar-refractivity contribution is 5.81. The monoisotopic (exact) mass is 596 g/mol. The van der Waals surface area contributed by atoms with Gasteiger partial charge < -0.3 is 55.4 Å². The van der Waals surface area contributed by atoms with Gasteiger partial charge in [0, 0.05) is 11.1 Å².